The molecule has 0 amide bonds. The van der Waals surface area contributed by atoms with Crippen molar-refractivity contribution in [1.29, 1.82) is 5.41 Å². The van der Waals surface area contributed by atoms with Crippen LogP contribution in [0.25, 0.3) is 11.0 Å². The Morgan fingerprint density at radius 3 is 2.29 bits per heavy atom. The molecule has 4 aromatic rings. The molecule has 0 aliphatic heterocycles. The molecule has 42 heavy (non-hydrogen) atoms. The van der Waals surface area contributed by atoms with Gasteiger partial charge in [0.2, 0.25) is 0 Å². The van der Waals surface area contributed by atoms with Crippen molar-refractivity contribution in [3.63, 3.8) is 0 Å². The van der Waals surface area contributed by atoms with Crippen LogP contribution in [-0.4, -0.2) is 36.9 Å². The number of fused-ring (bicyclic) bond motifs is 1. The number of aromatic nitrogens is 2. The molecular formula is C30H35F3N6O2S. The summed E-state index contributed by atoms with van der Waals surface area (Å²) in [4.78, 5) is 4.38. The molecule has 1 aromatic heterocycles. The van der Waals surface area contributed by atoms with E-state index in [2.05, 4.69) is 0 Å². The SMILES string of the molecule is CCc1c(S(=O)(=O)N(CC)c2ccc3c(c2)nc(CCc2ccc(C(=N)N)cc2)n3C)ccc(CCN)c1C(F)(F)F. The Morgan fingerprint density at radius 2 is 1.71 bits per heavy atom. The first-order valence-electron chi connectivity index (χ1n) is 13.7. The number of anilines is 1. The number of aryl methyl sites for hydroxylation is 3. The standard InChI is InChI=1S/C30H35F3N6O2S/c1-4-23-26(14-11-20(16-17-34)28(23)30(31,32)33)42(40,41)39(5-2)22-12-13-25-24(18-22)37-27(38(25)3)15-8-19-6-9-21(10-7-19)29(35)36/h6-7,9-14,18H,4-5,8,15-17,34H2,1-3H3,(H3,35,36). The van der Waals surface area contributed by atoms with Crippen molar-refractivity contribution >= 4 is 32.6 Å². The van der Waals surface area contributed by atoms with E-state index in [-0.39, 0.29) is 47.8 Å². The Hall–Kier alpha value is -3.90. The normalized spacial score (nSPS) is 12.2. The molecule has 12 heteroatoms. The number of sulfonamides is 1. The van der Waals surface area contributed by atoms with Crippen molar-refractivity contribution < 1.29 is 21.6 Å². The van der Waals surface area contributed by atoms with E-state index in [9.17, 15) is 21.6 Å². The number of rotatable bonds is 11. The summed E-state index contributed by atoms with van der Waals surface area (Å²) in [5.74, 6) is 0.799. The quantitative estimate of drug-likeness (QED) is 0.166. The lowest BCUT2D eigenvalue weighted by Crippen LogP contribution is -2.32. The third-order valence-electron chi connectivity index (χ3n) is 7.41. The van der Waals surface area contributed by atoms with Gasteiger partial charge in [0.15, 0.2) is 0 Å². The van der Waals surface area contributed by atoms with E-state index in [0.29, 0.717) is 29.6 Å². The molecule has 0 spiro atoms. The smallest absolute Gasteiger partial charge is 0.384 e. The highest BCUT2D eigenvalue weighted by Crippen LogP contribution is 2.39. The predicted molar refractivity (Wildman–Crippen MR) is 159 cm³/mol. The average Bonchev–Trinajstić information content (AvgIpc) is 3.25. The number of nitrogens with zero attached hydrogens (tertiary/aromatic N) is 3. The van der Waals surface area contributed by atoms with Gasteiger partial charge in [0, 0.05) is 25.6 Å². The molecule has 8 nitrogen and oxygen atoms in total. The highest BCUT2D eigenvalue weighted by atomic mass is 32.2. The zero-order valence-corrected chi connectivity index (χ0v) is 24.6. The number of amidine groups is 1. The summed E-state index contributed by atoms with van der Waals surface area (Å²) in [5.41, 5.74) is 13.3. The summed E-state index contributed by atoms with van der Waals surface area (Å²) >= 11 is 0. The van der Waals surface area contributed by atoms with Crippen LogP contribution in [0.3, 0.4) is 0 Å². The first kappa shape index (κ1) is 31.0. The van der Waals surface area contributed by atoms with Crippen LogP contribution in [0.15, 0.2) is 59.5 Å². The van der Waals surface area contributed by atoms with Gasteiger partial charge in [-0.25, -0.2) is 13.4 Å². The van der Waals surface area contributed by atoms with Gasteiger partial charge in [-0.2, -0.15) is 13.2 Å². The number of benzene rings is 3. The number of nitrogen functional groups attached to an aromatic ring is 1. The molecule has 0 aliphatic carbocycles. The number of halogens is 3. The summed E-state index contributed by atoms with van der Waals surface area (Å²) in [5, 5.41) is 7.53. The summed E-state index contributed by atoms with van der Waals surface area (Å²) in [6, 6.07) is 15.0. The third kappa shape index (κ3) is 6.00. The number of hydrogen-bond donors (Lipinski definition) is 3. The summed E-state index contributed by atoms with van der Waals surface area (Å²) < 4.78 is 73.4. The molecule has 5 N–H and O–H groups in total. The van der Waals surface area contributed by atoms with Crippen LogP contribution in [0.1, 0.15) is 47.5 Å². The first-order valence-corrected chi connectivity index (χ1v) is 15.1. The summed E-state index contributed by atoms with van der Waals surface area (Å²) in [6.07, 6.45) is -3.54. The van der Waals surface area contributed by atoms with Crippen molar-refractivity contribution in [3.8, 4) is 0 Å². The summed E-state index contributed by atoms with van der Waals surface area (Å²) in [7, 11) is -2.46. The number of nitrogens with one attached hydrogen (secondary N) is 1. The van der Waals surface area contributed by atoms with E-state index in [1.807, 2.05) is 23.7 Å². The van der Waals surface area contributed by atoms with Gasteiger partial charge in [0.25, 0.3) is 10.0 Å². The van der Waals surface area contributed by atoms with Gasteiger partial charge in [-0.05, 0) is 73.7 Å². The maximum Gasteiger partial charge on any atom is 0.416 e. The topological polar surface area (TPSA) is 131 Å². The second-order valence-corrected chi connectivity index (χ2v) is 11.8. The van der Waals surface area contributed by atoms with Crippen molar-refractivity contribution in [2.75, 3.05) is 17.4 Å². The molecule has 0 radical (unpaired) electrons. The van der Waals surface area contributed by atoms with E-state index < -0.39 is 21.8 Å². The van der Waals surface area contributed by atoms with E-state index in [4.69, 9.17) is 21.9 Å². The molecular weight excluding hydrogens is 565 g/mol. The van der Waals surface area contributed by atoms with E-state index in [0.717, 1.165) is 21.2 Å². The Balaban J connectivity index is 1.69. The van der Waals surface area contributed by atoms with Crippen LogP contribution < -0.4 is 15.8 Å². The maximum atomic E-state index is 14.2. The van der Waals surface area contributed by atoms with Gasteiger partial charge in [-0.1, -0.05) is 37.3 Å². The fourth-order valence-corrected chi connectivity index (χ4v) is 7.09. The van der Waals surface area contributed by atoms with Gasteiger partial charge in [-0.15, -0.1) is 0 Å². The van der Waals surface area contributed by atoms with Crippen molar-refractivity contribution in [1.82, 2.24) is 9.55 Å². The van der Waals surface area contributed by atoms with Crippen molar-refractivity contribution in [2.24, 2.45) is 18.5 Å². The Labute approximate surface area is 243 Å². The third-order valence-corrected chi connectivity index (χ3v) is 9.40. The minimum atomic E-state index is -4.73. The molecule has 0 fully saturated rings. The van der Waals surface area contributed by atoms with Crippen molar-refractivity contribution in [2.45, 2.75) is 50.6 Å². The first-order chi connectivity index (χ1) is 19.8. The number of hydrogen-bond acceptors (Lipinski definition) is 5. The molecule has 0 unspecified atom stereocenters. The number of imidazole rings is 1. The lowest BCUT2D eigenvalue weighted by atomic mass is 9.96. The molecule has 0 aliphatic rings. The van der Waals surface area contributed by atoms with Gasteiger partial charge in [0.1, 0.15) is 11.7 Å². The summed E-state index contributed by atoms with van der Waals surface area (Å²) in [6.45, 7) is 3.18. The minimum absolute atomic E-state index is 0.00571. The predicted octanol–water partition coefficient (Wildman–Crippen LogP) is 4.94. The highest BCUT2D eigenvalue weighted by Gasteiger charge is 2.39. The van der Waals surface area contributed by atoms with E-state index in [1.165, 1.54) is 19.1 Å². The average molecular weight is 601 g/mol. The monoisotopic (exact) mass is 600 g/mol. The van der Waals surface area contributed by atoms with Crippen molar-refractivity contribution in [3.05, 3.63) is 88.2 Å². The van der Waals surface area contributed by atoms with E-state index >= 15 is 0 Å². The lowest BCUT2D eigenvalue weighted by molar-refractivity contribution is -0.139. The van der Waals surface area contributed by atoms with Crippen LogP contribution in [-0.2, 0) is 48.9 Å². The molecule has 3 aromatic carbocycles. The number of alkyl halides is 3. The Morgan fingerprint density at radius 1 is 1.02 bits per heavy atom. The zero-order valence-electron chi connectivity index (χ0n) is 23.8. The maximum absolute atomic E-state index is 14.2. The van der Waals surface area contributed by atoms with Crippen LogP contribution in [0, 0.1) is 5.41 Å². The second kappa shape index (κ2) is 12.1. The zero-order chi connectivity index (χ0) is 30.8. The molecule has 0 saturated heterocycles. The molecule has 0 atom stereocenters. The molecule has 0 bridgehead atoms. The van der Waals surface area contributed by atoms with Crippen LogP contribution >= 0.6 is 0 Å². The molecule has 224 valence electrons. The van der Waals surface area contributed by atoms with Crippen LogP contribution in [0.2, 0.25) is 0 Å². The molecule has 1 heterocycles. The lowest BCUT2D eigenvalue weighted by Gasteiger charge is -2.26. The second-order valence-electron chi connectivity index (χ2n) is 10.0. The Bertz CT molecular complexity index is 1710. The molecule has 4 rings (SSSR count). The largest absolute Gasteiger partial charge is 0.416 e. The van der Waals surface area contributed by atoms with Crippen LogP contribution in [0.5, 0.6) is 0 Å². The van der Waals surface area contributed by atoms with Gasteiger partial charge in [0.05, 0.1) is 27.2 Å². The van der Waals surface area contributed by atoms with Gasteiger partial charge >= 0.3 is 6.18 Å². The van der Waals surface area contributed by atoms with Gasteiger partial charge in [-0.3, -0.25) is 9.71 Å². The number of nitrogens with two attached hydrogens (primary N) is 2. The van der Waals surface area contributed by atoms with Crippen LogP contribution in [0.4, 0.5) is 18.9 Å². The fourth-order valence-electron chi connectivity index (χ4n) is 5.32. The molecule has 0 saturated carbocycles. The highest BCUT2D eigenvalue weighted by molar-refractivity contribution is 7.92. The van der Waals surface area contributed by atoms with Gasteiger partial charge < -0.3 is 16.0 Å². The minimum Gasteiger partial charge on any atom is -0.384 e. The van der Waals surface area contributed by atoms with E-state index in [1.54, 1.807) is 37.3 Å². The Kier molecular flexibility index (Phi) is 8.98. The fraction of sp³-hybridized carbons (Fsp3) is 0.333.